The average molecular weight is 193 g/mol. The molecule has 1 aromatic rings. The van der Waals surface area contributed by atoms with Gasteiger partial charge in [-0.15, -0.1) is 0 Å². The number of nitrogens with two attached hydrogens (primary N) is 1. The number of benzene rings is 1. The van der Waals surface area contributed by atoms with Crippen LogP contribution in [0.15, 0.2) is 30.3 Å². The fourth-order valence-electron chi connectivity index (χ4n) is 1.33. The Bertz CT molecular complexity index is 310. The second kappa shape index (κ2) is 4.24. The molecule has 3 nitrogen and oxygen atoms in total. The number of esters is 1. The summed E-state index contributed by atoms with van der Waals surface area (Å²) in [6, 6.07) is 9.50. The van der Waals surface area contributed by atoms with Crippen LogP contribution in [0.2, 0.25) is 0 Å². The zero-order chi connectivity index (χ0) is 10.6. The van der Waals surface area contributed by atoms with Gasteiger partial charge < -0.3 is 10.5 Å². The van der Waals surface area contributed by atoms with Crippen molar-refractivity contribution >= 4 is 5.97 Å². The predicted octanol–water partition coefficient (Wildman–Crippen LogP) is 1.42. The van der Waals surface area contributed by atoms with Crippen LogP contribution in [0.3, 0.4) is 0 Å². The maximum atomic E-state index is 10.9. The number of ether oxygens (including phenoxy) is 1. The van der Waals surface area contributed by atoms with E-state index >= 15 is 0 Å². The predicted molar refractivity (Wildman–Crippen MR) is 54.6 cm³/mol. The zero-order valence-corrected chi connectivity index (χ0v) is 8.49. The van der Waals surface area contributed by atoms with Crippen molar-refractivity contribution in [3.63, 3.8) is 0 Å². The Morgan fingerprint density at radius 3 is 2.43 bits per heavy atom. The third-order valence-corrected chi connectivity index (χ3v) is 2.14. The summed E-state index contributed by atoms with van der Waals surface area (Å²) < 4.78 is 5.21. The molecule has 0 saturated heterocycles. The van der Waals surface area contributed by atoms with E-state index in [9.17, 15) is 4.79 Å². The Hall–Kier alpha value is -1.35. The summed E-state index contributed by atoms with van der Waals surface area (Å²) in [6.07, 6.45) is 0. The Balaban J connectivity index is 2.95. The van der Waals surface area contributed by atoms with Crippen LogP contribution in [0.25, 0.3) is 0 Å². The number of carbonyl (C=O) groups excluding carboxylic acids is 1. The summed E-state index contributed by atoms with van der Waals surface area (Å²) in [5, 5.41) is 0. The minimum Gasteiger partial charge on any atom is -0.453 e. The first-order valence-corrected chi connectivity index (χ1v) is 4.53. The minimum absolute atomic E-state index is 0.274. The van der Waals surface area contributed by atoms with Crippen LogP contribution >= 0.6 is 0 Å². The minimum atomic E-state index is -0.715. The average Bonchev–Trinajstić information content (AvgIpc) is 2.18. The van der Waals surface area contributed by atoms with Gasteiger partial charge in [0.05, 0.1) is 0 Å². The van der Waals surface area contributed by atoms with Gasteiger partial charge in [-0.3, -0.25) is 4.79 Å². The fourth-order valence-corrected chi connectivity index (χ4v) is 1.33. The monoisotopic (exact) mass is 193 g/mol. The Morgan fingerprint density at radius 2 is 2.00 bits per heavy atom. The largest absolute Gasteiger partial charge is 0.453 e. The molecule has 2 N–H and O–H groups in total. The normalized spacial score (nSPS) is 14.5. The molecule has 1 atom stereocenters. The van der Waals surface area contributed by atoms with Gasteiger partial charge >= 0.3 is 5.97 Å². The summed E-state index contributed by atoms with van der Waals surface area (Å²) >= 11 is 0. The van der Waals surface area contributed by atoms with Crippen molar-refractivity contribution in [2.24, 2.45) is 5.73 Å². The van der Waals surface area contributed by atoms with Crippen molar-refractivity contribution in [1.29, 1.82) is 0 Å². The van der Waals surface area contributed by atoms with Crippen molar-refractivity contribution in [2.75, 3.05) is 6.54 Å². The van der Waals surface area contributed by atoms with E-state index in [0.717, 1.165) is 5.56 Å². The van der Waals surface area contributed by atoms with E-state index in [2.05, 4.69) is 0 Å². The van der Waals surface area contributed by atoms with E-state index in [1.807, 2.05) is 37.3 Å². The summed E-state index contributed by atoms with van der Waals surface area (Å²) in [7, 11) is 0. The maximum Gasteiger partial charge on any atom is 0.303 e. The molecule has 3 heteroatoms. The molecule has 0 radical (unpaired) electrons. The first-order valence-electron chi connectivity index (χ1n) is 4.53. The molecule has 0 bridgehead atoms. The first kappa shape index (κ1) is 10.7. The van der Waals surface area contributed by atoms with Crippen LogP contribution < -0.4 is 5.73 Å². The van der Waals surface area contributed by atoms with Crippen LogP contribution in [0.4, 0.5) is 0 Å². The van der Waals surface area contributed by atoms with Crippen LogP contribution in [0.1, 0.15) is 19.4 Å². The zero-order valence-electron chi connectivity index (χ0n) is 8.49. The molecule has 0 saturated carbocycles. The smallest absolute Gasteiger partial charge is 0.303 e. The Kier molecular flexibility index (Phi) is 3.25. The molecule has 1 unspecified atom stereocenters. The molecule has 1 aromatic carbocycles. The molecule has 0 fully saturated rings. The lowest BCUT2D eigenvalue weighted by molar-refractivity contribution is -0.155. The van der Waals surface area contributed by atoms with Crippen molar-refractivity contribution in [2.45, 2.75) is 19.4 Å². The van der Waals surface area contributed by atoms with E-state index < -0.39 is 5.60 Å². The highest BCUT2D eigenvalue weighted by Gasteiger charge is 2.27. The van der Waals surface area contributed by atoms with Crippen LogP contribution in [-0.2, 0) is 15.1 Å². The molecule has 0 spiro atoms. The second-order valence-electron chi connectivity index (χ2n) is 3.39. The quantitative estimate of drug-likeness (QED) is 0.739. The van der Waals surface area contributed by atoms with Crippen molar-refractivity contribution in [1.82, 2.24) is 0 Å². The van der Waals surface area contributed by atoms with Crippen molar-refractivity contribution < 1.29 is 9.53 Å². The van der Waals surface area contributed by atoms with Gasteiger partial charge in [0, 0.05) is 13.5 Å². The number of hydrogen-bond donors (Lipinski definition) is 1. The molecular formula is C11H15NO2. The van der Waals surface area contributed by atoms with Gasteiger partial charge in [-0.2, -0.15) is 0 Å². The molecule has 0 aromatic heterocycles. The van der Waals surface area contributed by atoms with E-state index in [1.54, 1.807) is 0 Å². The van der Waals surface area contributed by atoms with Gasteiger partial charge in [0.2, 0.25) is 0 Å². The molecule has 1 rings (SSSR count). The topological polar surface area (TPSA) is 52.3 Å². The van der Waals surface area contributed by atoms with Crippen molar-refractivity contribution in [3.05, 3.63) is 35.9 Å². The molecule has 76 valence electrons. The third-order valence-electron chi connectivity index (χ3n) is 2.14. The summed E-state index contributed by atoms with van der Waals surface area (Å²) in [4.78, 5) is 10.9. The summed E-state index contributed by atoms with van der Waals surface area (Å²) in [5.74, 6) is -0.318. The van der Waals surface area contributed by atoms with Gasteiger partial charge in [-0.1, -0.05) is 30.3 Å². The highest BCUT2D eigenvalue weighted by Crippen LogP contribution is 2.23. The third kappa shape index (κ3) is 2.33. The molecule has 0 aliphatic rings. The van der Waals surface area contributed by atoms with Crippen LogP contribution in [0.5, 0.6) is 0 Å². The van der Waals surface area contributed by atoms with E-state index in [0.29, 0.717) is 0 Å². The van der Waals surface area contributed by atoms with Gasteiger partial charge in [-0.05, 0) is 12.5 Å². The van der Waals surface area contributed by atoms with Gasteiger partial charge in [0.1, 0.15) is 5.60 Å². The van der Waals surface area contributed by atoms with Gasteiger partial charge in [-0.25, -0.2) is 0 Å². The van der Waals surface area contributed by atoms with Gasteiger partial charge in [0.25, 0.3) is 0 Å². The highest BCUT2D eigenvalue weighted by molar-refractivity contribution is 5.66. The Labute approximate surface area is 83.9 Å². The lowest BCUT2D eigenvalue weighted by Crippen LogP contribution is -2.36. The van der Waals surface area contributed by atoms with Crippen LogP contribution in [-0.4, -0.2) is 12.5 Å². The second-order valence-corrected chi connectivity index (χ2v) is 3.39. The molecule has 0 aliphatic carbocycles. The SMILES string of the molecule is CC(=O)OC(C)(CN)c1ccccc1. The summed E-state index contributed by atoms with van der Waals surface area (Å²) in [5.41, 5.74) is 5.81. The van der Waals surface area contributed by atoms with E-state index in [4.69, 9.17) is 10.5 Å². The molecule has 14 heavy (non-hydrogen) atoms. The lowest BCUT2D eigenvalue weighted by atomic mass is 9.96. The molecule has 0 aliphatic heterocycles. The van der Waals surface area contributed by atoms with E-state index in [1.165, 1.54) is 6.92 Å². The van der Waals surface area contributed by atoms with Gasteiger partial charge in [0.15, 0.2) is 0 Å². The number of carbonyl (C=O) groups is 1. The highest BCUT2D eigenvalue weighted by atomic mass is 16.6. The maximum absolute atomic E-state index is 10.9. The standard InChI is InChI=1S/C11H15NO2/c1-9(13)14-11(2,8-12)10-6-4-3-5-7-10/h3-7H,8,12H2,1-2H3. The van der Waals surface area contributed by atoms with Crippen LogP contribution in [0, 0.1) is 0 Å². The van der Waals surface area contributed by atoms with E-state index in [-0.39, 0.29) is 12.5 Å². The fraction of sp³-hybridized carbons (Fsp3) is 0.364. The molecular weight excluding hydrogens is 178 g/mol. The lowest BCUT2D eigenvalue weighted by Gasteiger charge is -2.27. The molecule has 0 heterocycles. The Morgan fingerprint density at radius 1 is 1.43 bits per heavy atom. The number of rotatable bonds is 3. The first-order chi connectivity index (χ1) is 6.58. The van der Waals surface area contributed by atoms with Crippen molar-refractivity contribution in [3.8, 4) is 0 Å². The molecule has 0 amide bonds. The number of hydrogen-bond acceptors (Lipinski definition) is 3. The summed E-state index contributed by atoms with van der Waals surface area (Å²) in [6.45, 7) is 3.47.